The van der Waals surface area contributed by atoms with Crippen LogP contribution in [-0.2, 0) is 9.59 Å². The predicted molar refractivity (Wildman–Crippen MR) is 81.2 cm³/mol. The molecule has 0 aromatic rings. The van der Waals surface area contributed by atoms with E-state index < -0.39 is 18.1 Å². The molecule has 0 saturated carbocycles. The van der Waals surface area contributed by atoms with Crippen molar-refractivity contribution in [3.63, 3.8) is 0 Å². The molecule has 1 aliphatic heterocycles. The maximum absolute atomic E-state index is 11.7. The fourth-order valence-corrected chi connectivity index (χ4v) is 2.28. The number of hydrogen-bond acceptors (Lipinski definition) is 5. The first-order valence-electron chi connectivity index (χ1n) is 6.11. The summed E-state index contributed by atoms with van der Waals surface area (Å²) in [6.07, 6.45) is 2.22. The van der Waals surface area contributed by atoms with Gasteiger partial charge in [-0.05, 0) is 11.6 Å². The fourth-order valence-electron chi connectivity index (χ4n) is 2.11. The molecule has 2 unspecified atom stereocenters. The van der Waals surface area contributed by atoms with Crippen LogP contribution in [-0.4, -0.2) is 57.5 Å². The van der Waals surface area contributed by atoms with Gasteiger partial charge in [-0.1, -0.05) is 12.7 Å². The van der Waals surface area contributed by atoms with E-state index in [1.54, 1.807) is 13.1 Å². The number of ketones is 1. The standard InChI is InChI=1S/C13H17ClN4O3/c1-5-9-11(8(3)19)16-18(7-10(20)21)12(9)17(4)13(14)15-6-2/h5-6,9,12H,1-2,7H2,3-4H3,(H,20,21). The van der Waals surface area contributed by atoms with Gasteiger partial charge in [0.05, 0.1) is 5.92 Å². The second-order valence-electron chi connectivity index (χ2n) is 4.40. The molecule has 114 valence electrons. The molecular weight excluding hydrogens is 296 g/mol. The molecule has 2 atom stereocenters. The van der Waals surface area contributed by atoms with Crippen LogP contribution in [0.1, 0.15) is 6.92 Å². The highest BCUT2D eigenvalue weighted by Crippen LogP contribution is 2.26. The smallest absolute Gasteiger partial charge is 0.324 e. The molecule has 21 heavy (non-hydrogen) atoms. The number of aliphatic carboxylic acids is 1. The van der Waals surface area contributed by atoms with Gasteiger partial charge in [-0.15, -0.1) is 6.58 Å². The number of carbonyl (C=O) groups excluding carboxylic acids is 1. The molecule has 0 aromatic carbocycles. The summed E-state index contributed by atoms with van der Waals surface area (Å²) in [5, 5.41) is 14.5. The highest BCUT2D eigenvalue weighted by molar-refractivity contribution is 6.64. The highest BCUT2D eigenvalue weighted by atomic mass is 35.5. The third-order valence-electron chi connectivity index (χ3n) is 2.98. The number of carboxylic acids is 1. The lowest BCUT2D eigenvalue weighted by molar-refractivity contribution is -0.139. The van der Waals surface area contributed by atoms with Gasteiger partial charge in [-0.3, -0.25) is 14.6 Å². The summed E-state index contributed by atoms with van der Waals surface area (Å²) in [6.45, 7) is 8.14. The van der Waals surface area contributed by atoms with E-state index in [4.69, 9.17) is 16.7 Å². The monoisotopic (exact) mass is 312 g/mol. The van der Waals surface area contributed by atoms with E-state index >= 15 is 0 Å². The second kappa shape index (κ2) is 7.03. The zero-order chi connectivity index (χ0) is 16.2. The van der Waals surface area contributed by atoms with Crippen molar-refractivity contribution < 1.29 is 14.7 Å². The minimum Gasteiger partial charge on any atom is -0.480 e. The van der Waals surface area contributed by atoms with Gasteiger partial charge in [0.2, 0.25) is 0 Å². The van der Waals surface area contributed by atoms with Crippen molar-refractivity contribution in [2.45, 2.75) is 13.1 Å². The molecule has 7 nitrogen and oxygen atoms in total. The van der Waals surface area contributed by atoms with Gasteiger partial charge in [0.15, 0.2) is 11.1 Å². The van der Waals surface area contributed by atoms with Crippen LogP contribution in [0.15, 0.2) is 35.5 Å². The lowest BCUT2D eigenvalue weighted by atomic mass is 9.98. The molecule has 0 aromatic heterocycles. The van der Waals surface area contributed by atoms with Gasteiger partial charge in [-0.25, -0.2) is 4.99 Å². The number of hydrogen-bond donors (Lipinski definition) is 1. The fraction of sp³-hybridized carbons (Fsp3) is 0.385. The number of amidine groups is 1. The predicted octanol–water partition coefficient (Wildman–Crippen LogP) is 1.13. The zero-order valence-corrected chi connectivity index (χ0v) is 12.6. The molecule has 0 fully saturated rings. The topological polar surface area (TPSA) is 85.6 Å². The summed E-state index contributed by atoms with van der Waals surface area (Å²) in [5.74, 6) is -1.79. The molecule has 0 bridgehead atoms. The molecule has 0 spiro atoms. The third kappa shape index (κ3) is 3.69. The van der Waals surface area contributed by atoms with Crippen LogP contribution in [0, 0.1) is 5.92 Å². The number of carbonyl (C=O) groups is 2. The number of aliphatic imine (C=N–C) groups is 1. The van der Waals surface area contributed by atoms with Gasteiger partial charge in [-0.2, -0.15) is 5.10 Å². The molecule has 8 heteroatoms. The van der Waals surface area contributed by atoms with Crippen LogP contribution in [0.2, 0.25) is 0 Å². The average molecular weight is 313 g/mol. The van der Waals surface area contributed by atoms with E-state index in [1.165, 1.54) is 23.0 Å². The number of carboxylic acid groups (broad SMARTS) is 1. The molecule has 1 rings (SSSR count). The van der Waals surface area contributed by atoms with Crippen molar-refractivity contribution in [2.24, 2.45) is 16.0 Å². The van der Waals surface area contributed by atoms with Crippen molar-refractivity contribution in [2.75, 3.05) is 13.6 Å². The largest absolute Gasteiger partial charge is 0.480 e. The average Bonchev–Trinajstić information content (AvgIpc) is 2.75. The third-order valence-corrected chi connectivity index (χ3v) is 3.34. The van der Waals surface area contributed by atoms with E-state index in [2.05, 4.69) is 23.3 Å². The SMILES string of the molecule is C=CN=C(Cl)N(C)C1C(C=C)C(C(C)=O)=NN1CC(=O)O. The summed E-state index contributed by atoms with van der Waals surface area (Å²) in [4.78, 5) is 28.0. The van der Waals surface area contributed by atoms with Gasteiger partial charge in [0.1, 0.15) is 18.4 Å². The lowest BCUT2D eigenvalue weighted by Gasteiger charge is -2.33. The van der Waals surface area contributed by atoms with Crippen LogP contribution < -0.4 is 0 Å². The number of nitrogens with zero attached hydrogens (tertiary/aromatic N) is 4. The van der Waals surface area contributed by atoms with Crippen molar-refractivity contribution in [1.82, 2.24) is 9.91 Å². The van der Waals surface area contributed by atoms with Gasteiger partial charge < -0.3 is 10.0 Å². The molecule has 1 aliphatic rings. The maximum Gasteiger partial charge on any atom is 0.324 e. The Hall–Kier alpha value is -2.15. The van der Waals surface area contributed by atoms with Crippen molar-refractivity contribution >= 4 is 34.4 Å². The van der Waals surface area contributed by atoms with Crippen LogP contribution in [0.3, 0.4) is 0 Å². The van der Waals surface area contributed by atoms with E-state index in [0.29, 0.717) is 0 Å². The summed E-state index contributed by atoms with van der Waals surface area (Å²) >= 11 is 6.02. The second-order valence-corrected chi connectivity index (χ2v) is 4.74. The normalized spacial score (nSPS) is 21.8. The summed E-state index contributed by atoms with van der Waals surface area (Å²) in [5.41, 5.74) is 0.242. The van der Waals surface area contributed by atoms with Crippen molar-refractivity contribution in [1.29, 1.82) is 0 Å². The molecule has 0 aliphatic carbocycles. The van der Waals surface area contributed by atoms with Crippen LogP contribution in [0.5, 0.6) is 0 Å². The Morgan fingerprint density at radius 3 is 2.62 bits per heavy atom. The van der Waals surface area contributed by atoms with Gasteiger partial charge in [0, 0.05) is 20.2 Å². The molecule has 0 amide bonds. The Balaban J connectivity index is 3.20. The molecule has 0 radical (unpaired) electrons. The Morgan fingerprint density at radius 1 is 1.57 bits per heavy atom. The zero-order valence-electron chi connectivity index (χ0n) is 11.9. The quantitative estimate of drug-likeness (QED) is 0.344. The number of hydrazone groups is 1. The molecular formula is C13H17ClN4O3. The first-order chi connectivity index (χ1) is 9.83. The van der Waals surface area contributed by atoms with E-state index in [-0.39, 0.29) is 23.3 Å². The summed E-state index contributed by atoms with van der Waals surface area (Å²) < 4.78 is 0. The first-order valence-corrected chi connectivity index (χ1v) is 6.48. The highest BCUT2D eigenvalue weighted by Gasteiger charge is 2.41. The van der Waals surface area contributed by atoms with Gasteiger partial charge >= 0.3 is 5.97 Å². The van der Waals surface area contributed by atoms with E-state index in [1.807, 2.05) is 0 Å². The number of halogens is 1. The molecule has 0 saturated heterocycles. The number of rotatable bonds is 6. The Morgan fingerprint density at radius 2 is 2.19 bits per heavy atom. The minimum atomic E-state index is -1.07. The van der Waals surface area contributed by atoms with E-state index in [9.17, 15) is 9.59 Å². The van der Waals surface area contributed by atoms with Crippen LogP contribution in [0.25, 0.3) is 0 Å². The summed E-state index contributed by atoms with van der Waals surface area (Å²) in [7, 11) is 1.63. The Bertz CT molecular complexity index is 530. The van der Waals surface area contributed by atoms with E-state index in [0.717, 1.165) is 0 Å². The van der Waals surface area contributed by atoms with Crippen LogP contribution in [0.4, 0.5) is 0 Å². The van der Waals surface area contributed by atoms with Crippen molar-refractivity contribution in [3.8, 4) is 0 Å². The van der Waals surface area contributed by atoms with Crippen molar-refractivity contribution in [3.05, 3.63) is 25.4 Å². The first kappa shape index (κ1) is 16.9. The lowest BCUT2D eigenvalue weighted by Crippen LogP contribution is -2.49. The Labute approximate surface area is 127 Å². The maximum atomic E-state index is 11.7. The minimum absolute atomic E-state index is 0.109. The van der Waals surface area contributed by atoms with Gasteiger partial charge in [0.25, 0.3) is 0 Å². The number of Topliss-reactive ketones (excluding diaryl/α,β-unsaturated/α-hetero) is 1. The summed E-state index contributed by atoms with van der Waals surface area (Å²) in [6, 6.07) is 0. The molecule has 1 heterocycles. The molecule has 1 N–H and O–H groups in total. The Kier molecular flexibility index (Phi) is 5.66. The van der Waals surface area contributed by atoms with Crippen LogP contribution >= 0.6 is 11.6 Å².